The first-order chi connectivity index (χ1) is 3.98. The van der Waals surface area contributed by atoms with Gasteiger partial charge >= 0.3 is 6.18 Å². The number of hydrogen-bond acceptors (Lipinski definition) is 2. The van der Waals surface area contributed by atoms with Crippen LogP contribution in [0.4, 0.5) is 13.2 Å². The van der Waals surface area contributed by atoms with Gasteiger partial charge in [-0.15, -0.1) is 0 Å². The van der Waals surface area contributed by atoms with Crippen molar-refractivity contribution in [2.45, 2.75) is 12.3 Å². The molecule has 0 fully saturated rings. The topological polar surface area (TPSA) is 32.3 Å². The number of nitrogens with one attached hydrogen (secondary N) is 1. The molecule has 2 nitrogen and oxygen atoms in total. The van der Waals surface area contributed by atoms with Crippen molar-refractivity contribution in [3.63, 3.8) is 0 Å². The average Bonchev–Trinajstić information content (AvgIpc) is 1.64. The second-order valence-electron chi connectivity index (χ2n) is 1.62. The summed E-state index contributed by atoms with van der Waals surface area (Å²) in [4.78, 5) is 0. The lowest BCUT2D eigenvalue weighted by atomic mass is 10.3. The smallest absolute Gasteiger partial charge is 0.382 e. The average molecular weight is 143 g/mol. The van der Waals surface area contributed by atoms with Crippen LogP contribution in [0.25, 0.3) is 0 Å². The Labute approximate surface area is 50.7 Å². The van der Waals surface area contributed by atoms with Gasteiger partial charge in [-0.1, -0.05) is 0 Å². The molecular weight excluding hydrogens is 135 g/mol. The summed E-state index contributed by atoms with van der Waals surface area (Å²) < 4.78 is 34.0. The molecule has 56 valence electrons. The molecule has 2 N–H and O–H groups in total. The Morgan fingerprint density at radius 1 is 1.56 bits per heavy atom. The molecule has 0 heterocycles. The third-order valence-corrected chi connectivity index (χ3v) is 0.775. The van der Waals surface area contributed by atoms with Gasteiger partial charge in [-0.25, -0.2) is 0 Å². The zero-order valence-corrected chi connectivity index (χ0v) is 4.87. The van der Waals surface area contributed by atoms with E-state index in [0.29, 0.717) is 0 Å². The van der Waals surface area contributed by atoms with E-state index in [1.54, 1.807) is 0 Å². The van der Waals surface area contributed by atoms with Gasteiger partial charge in [-0.05, 0) is 7.05 Å². The lowest BCUT2D eigenvalue weighted by Gasteiger charge is -2.12. The maximum absolute atomic E-state index is 11.3. The van der Waals surface area contributed by atoms with Crippen LogP contribution < -0.4 is 5.32 Å². The highest BCUT2D eigenvalue weighted by atomic mass is 19.4. The van der Waals surface area contributed by atoms with Crippen LogP contribution in [0.2, 0.25) is 0 Å². The third kappa shape index (κ3) is 3.31. The molecule has 0 aliphatic heterocycles. The molecule has 1 atom stereocenters. The number of hydrogen-bond donors (Lipinski definition) is 2. The molecule has 0 aliphatic carbocycles. The van der Waals surface area contributed by atoms with Gasteiger partial charge in [0.05, 0.1) is 0 Å². The van der Waals surface area contributed by atoms with Gasteiger partial charge in [0.25, 0.3) is 0 Å². The van der Waals surface area contributed by atoms with Crippen LogP contribution in [0.15, 0.2) is 0 Å². The van der Waals surface area contributed by atoms with Crippen molar-refractivity contribution < 1.29 is 18.3 Å². The minimum atomic E-state index is -4.50. The summed E-state index contributed by atoms with van der Waals surface area (Å²) >= 11 is 0. The molecule has 0 aliphatic rings. The molecule has 0 saturated carbocycles. The first kappa shape index (κ1) is 8.71. The van der Waals surface area contributed by atoms with Gasteiger partial charge in [-0.2, -0.15) is 13.2 Å². The Kier molecular flexibility index (Phi) is 2.93. The largest absolute Gasteiger partial charge is 0.415 e. The summed E-state index contributed by atoms with van der Waals surface area (Å²) in [6.45, 7) is -0.455. The molecule has 0 spiro atoms. The predicted octanol–water partition coefficient (Wildman–Crippen LogP) is 0.129. The molecule has 0 unspecified atom stereocenters. The van der Waals surface area contributed by atoms with Crippen molar-refractivity contribution >= 4 is 0 Å². The van der Waals surface area contributed by atoms with E-state index in [1.807, 2.05) is 0 Å². The van der Waals surface area contributed by atoms with E-state index in [0.717, 1.165) is 0 Å². The predicted molar refractivity (Wildman–Crippen MR) is 26.0 cm³/mol. The van der Waals surface area contributed by atoms with Crippen molar-refractivity contribution in [3.8, 4) is 0 Å². The van der Waals surface area contributed by atoms with Crippen LogP contribution in [-0.2, 0) is 0 Å². The molecule has 5 heteroatoms. The fourth-order valence-electron chi connectivity index (χ4n) is 0.309. The molecule has 0 aromatic heterocycles. The summed E-state index contributed by atoms with van der Waals surface area (Å²) in [6, 6.07) is 0. The quantitative estimate of drug-likeness (QED) is 0.575. The van der Waals surface area contributed by atoms with Crippen molar-refractivity contribution in [3.05, 3.63) is 0 Å². The highest BCUT2D eigenvalue weighted by Crippen LogP contribution is 2.18. The summed E-state index contributed by atoms with van der Waals surface area (Å²) in [5.41, 5.74) is 0. The maximum Gasteiger partial charge on any atom is 0.415 e. The van der Waals surface area contributed by atoms with Crippen LogP contribution >= 0.6 is 0 Å². The van der Waals surface area contributed by atoms with Crippen molar-refractivity contribution in [2.24, 2.45) is 0 Å². The molecule has 0 aromatic carbocycles. The number of aliphatic hydroxyl groups excluding tert-OH is 1. The van der Waals surface area contributed by atoms with Crippen LogP contribution in [0.5, 0.6) is 0 Å². The zero-order chi connectivity index (χ0) is 7.49. The molecule has 0 saturated heterocycles. The molecule has 0 rings (SSSR count). The Morgan fingerprint density at radius 3 is 2.11 bits per heavy atom. The number of rotatable bonds is 2. The molecule has 0 aromatic rings. The lowest BCUT2D eigenvalue weighted by Crippen LogP contribution is -2.36. The third-order valence-electron chi connectivity index (χ3n) is 0.775. The van der Waals surface area contributed by atoms with Gasteiger partial charge in [0, 0.05) is 6.54 Å². The van der Waals surface area contributed by atoms with E-state index in [-0.39, 0.29) is 0 Å². The Balaban J connectivity index is 3.59. The van der Waals surface area contributed by atoms with E-state index >= 15 is 0 Å². The number of likely N-dealkylation sites (N-methyl/N-ethyl adjacent to an activating group) is 1. The minimum absolute atomic E-state index is 0.455. The summed E-state index contributed by atoms with van der Waals surface area (Å²) in [5.74, 6) is 0. The summed E-state index contributed by atoms with van der Waals surface area (Å²) in [6.07, 6.45) is -6.74. The van der Waals surface area contributed by atoms with Gasteiger partial charge in [0.1, 0.15) is 0 Å². The summed E-state index contributed by atoms with van der Waals surface area (Å²) in [7, 11) is 1.34. The van der Waals surface area contributed by atoms with Gasteiger partial charge in [0.15, 0.2) is 6.10 Å². The SMILES string of the molecule is CNC[C@H](O)C(F)(F)F. The van der Waals surface area contributed by atoms with E-state index in [9.17, 15) is 13.2 Å². The minimum Gasteiger partial charge on any atom is -0.382 e. The van der Waals surface area contributed by atoms with Crippen molar-refractivity contribution in [1.82, 2.24) is 5.32 Å². The highest BCUT2D eigenvalue weighted by molar-refractivity contribution is 4.65. The fourth-order valence-corrected chi connectivity index (χ4v) is 0.309. The van der Waals surface area contributed by atoms with Gasteiger partial charge in [-0.3, -0.25) is 0 Å². The second-order valence-corrected chi connectivity index (χ2v) is 1.62. The van der Waals surface area contributed by atoms with Crippen LogP contribution in [0.3, 0.4) is 0 Å². The Morgan fingerprint density at radius 2 is 2.00 bits per heavy atom. The van der Waals surface area contributed by atoms with Gasteiger partial charge < -0.3 is 10.4 Å². The van der Waals surface area contributed by atoms with E-state index in [2.05, 4.69) is 5.32 Å². The monoisotopic (exact) mass is 143 g/mol. The van der Waals surface area contributed by atoms with Gasteiger partial charge in [0.2, 0.25) is 0 Å². The molecule has 0 bridgehead atoms. The van der Waals surface area contributed by atoms with E-state index < -0.39 is 18.8 Å². The van der Waals surface area contributed by atoms with Crippen molar-refractivity contribution in [2.75, 3.05) is 13.6 Å². The lowest BCUT2D eigenvalue weighted by molar-refractivity contribution is -0.201. The zero-order valence-electron chi connectivity index (χ0n) is 4.87. The number of aliphatic hydroxyl groups is 1. The molecule has 9 heavy (non-hydrogen) atoms. The summed E-state index contributed by atoms with van der Waals surface area (Å²) in [5, 5.41) is 10.4. The van der Waals surface area contributed by atoms with Crippen molar-refractivity contribution in [1.29, 1.82) is 0 Å². The fraction of sp³-hybridized carbons (Fsp3) is 1.00. The molecule has 0 radical (unpaired) electrons. The number of alkyl halides is 3. The normalized spacial score (nSPS) is 15.7. The number of halogens is 3. The van der Waals surface area contributed by atoms with E-state index in [4.69, 9.17) is 5.11 Å². The molecular formula is C4H8F3NO. The Bertz CT molecular complexity index is 82.4. The first-order valence-electron chi connectivity index (χ1n) is 2.38. The first-order valence-corrected chi connectivity index (χ1v) is 2.38. The molecule has 0 amide bonds. The van der Waals surface area contributed by atoms with Crippen LogP contribution in [-0.4, -0.2) is 31.0 Å². The van der Waals surface area contributed by atoms with Crippen LogP contribution in [0.1, 0.15) is 0 Å². The van der Waals surface area contributed by atoms with Crippen LogP contribution in [0, 0.1) is 0 Å². The standard InChI is InChI=1S/C4H8F3NO/c1-8-2-3(9)4(5,6)7/h3,8-9H,2H2,1H3/t3-/m0/s1. The van der Waals surface area contributed by atoms with E-state index in [1.165, 1.54) is 7.05 Å². The Hall–Kier alpha value is -0.290. The maximum atomic E-state index is 11.3. The second kappa shape index (κ2) is 3.03. The highest BCUT2D eigenvalue weighted by Gasteiger charge is 2.37.